The Bertz CT molecular complexity index is 1250. The molecule has 4 rings (SSSR count). The Hall–Kier alpha value is -4.07. The number of nitrogens with zero attached hydrogens (tertiary/aromatic N) is 5. The number of fused-ring (bicyclic) bond motifs is 1. The quantitative estimate of drug-likeness (QED) is 0.274. The van der Waals surface area contributed by atoms with E-state index in [-0.39, 0.29) is 36.3 Å². The first-order valence-corrected chi connectivity index (χ1v) is 12.5. The van der Waals surface area contributed by atoms with Crippen LogP contribution in [0.2, 0.25) is 0 Å². The van der Waals surface area contributed by atoms with Gasteiger partial charge in [-0.2, -0.15) is 5.26 Å². The van der Waals surface area contributed by atoms with Gasteiger partial charge in [-0.1, -0.05) is 0 Å². The molecule has 1 aromatic heterocycles. The van der Waals surface area contributed by atoms with Crippen molar-refractivity contribution in [2.24, 2.45) is 4.99 Å². The van der Waals surface area contributed by atoms with Gasteiger partial charge < -0.3 is 24.4 Å². The number of likely N-dealkylation sites (tertiary alicyclic amines) is 2. The first-order chi connectivity index (χ1) is 17.7. The lowest BCUT2D eigenvalue weighted by Gasteiger charge is -2.26. The standard InChI is InChI=1S/C26H33N7O4/c1-17-12-19-13-20(7-8-23(19)37-17)29-26(28-16-27)30-22-6-4-5-10-33(25(22)36)15-24(35)32-11-9-21(14-32)31(3)18(2)34/h7-8,12-13,21-22H,4-6,9-11,14-15H2,1-3H3,(H2,28,29,30)/t21?,22-/m0/s1. The zero-order valence-electron chi connectivity index (χ0n) is 21.5. The molecule has 3 heterocycles. The number of furan rings is 1. The molecule has 11 heteroatoms. The van der Waals surface area contributed by atoms with Crippen LogP contribution in [-0.2, 0) is 14.4 Å². The second-order valence-electron chi connectivity index (χ2n) is 9.63. The third kappa shape index (κ3) is 6.20. The highest BCUT2D eigenvalue weighted by Gasteiger charge is 2.33. The van der Waals surface area contributed by atoms with Crippen LogP contribution in [0.4, 0.5) is 5.69 Å². The monoisotopic (exact) mass is 507 g/mol. The van der Waals surface area contributed by atoms with E-state index in [1.807, 2.05) is 37.4 Å². The van der Waals surface area contributed by atoms with Gasteiger partial charge in [0.2, 0.25) is 23.7 Å². The number of hydrogen-bond donors (Lipinski definition) is 2. The Morgan fingerprint density at radius 3 is 2.81 bits per heavy atom. The number of carbonyl (C=O) groups excluding carboxylic acids is 3. The number of benzene rings is 1. The van der Waals surface area contributed by atoms with E-state index in [1.54, 1.807) is 21.7 Å². The number of rotatable bonds is 5. The molecule has 0 aliphatic carbocycles. The summed E-state index contributed by atoms with van der Waals surface area (Å²) in [5, 5.41) is 15.8. The molecule has 11 nitrogen and oxygen atoms in total. The van der Waals surface area contributed by atoms with E-state index in [0.717, 1.165) is 36.0 Å². The lowest BCUT2D eigenvalue weighted by Crippen LogP contribution is -2.46. The molecule has 3 amide bonds. The number of carbonyl (C=O) groups is 3. The molecule has 2 aliphatic heterocycles. The molecule has 2 aromatic rings. The first kappa shape index (κ1) is 26.0. The highest BCUT2D eigenvalue weighted by molar-refractivity contribution is 5.98. The maximum atomic E-state index is 13.4. The van der Waals surface area contributed by atoms with Crippen LogP contribution in [-0.4, -0.2) is 83.7 Å². The Morgan fingerprint density at radius 1 is 1.24 bits per heavy atom. The van der Waals surface area contributed by atoms with E-state index >= 15 is 0 Å². The predicted octanol–water partition coefficient (Wildman–Crippen LogP) is 2.04. The molecule has 196 valence electrons. The summed E-state index contributed by atoms with van der Waals surface area (Å²) < 4.78 is 5.61. The highest BCUT2D eigenvalue weighted by atomic mass is 16.3. The van der Waals surface area contributed by atoms with Gasteiger partial charge in [0, 0.05) is 44.7 Å². The number of nitriles is 1. The third-order valence-electron chi connectivity index (χ3n) is 7.00. The summed E-state index contributed by atoms with van der Waals surface area (Å²) in [4.78, 5) is 47.5. The van der Waals surface area contributed by atoms with Gasteiger partial charge in [-0.3, -0.25) is 19.7 Å². The summed E-state index contributed by atoms with van der Waals surface area (Å²) in [6.45, 7) is 4.88. The van der Waals surface area contributed by atoms with Gasteiger partial charge in [-0.25, -0.2) is 4.99 Å². The van der Waals surface area contributed by atoms with Crippen LogP contribution in [0.3, 0.4) is 0 Å². The largest absolute Gasteiger partial charge is 0.461 e. The molecule has 1 unspecified atom stereocenters. The molecule has 2 N–H and O–H groups in total. The molecule has 2 atom stereocenters. The second kappa shape index (κ2) is 11.3. The highest BCUT2D eigenvalue weighted by Crippen LogP contribution is 2.23. The number of aryl methyl sites for hydroxylation is 1. The van der Waals surface area contributed by atoms with E-state index in [1.165, 1.54) is 6.92 Å². The van der Waals surface area contributed by atoms with Crippen LogP contribution in [0.5, 0.6) is 0 Å². The normalized spacial score (nSPS) is 20.5. The Labute approximate surface area is 216 Å². The zero-order valence-corrected chi connectivity index (χ0v) is 21.5. The van der Waals surface area contributed by atoms with Crippen LogP contribution in [0.15, 0.2) is 33.7 Å². The van der Waals surface area contributed by atoms with Crippen molar-refractivity contribution in [1.82, 2.24) is 20.0 Å². The van der Waals surface area contributed by atoms with Crippen molar-refractivity contribution in [3.8, 4) is 6.19 Å². The molecular weight excluding hydrogens is 474 g/mol. The first-order valence-electron chi connectivity index (χ1n) is 12.5. The van der Waals surface area contributed by atoms with Gasteiger partial charge in [0.1, 0.15) is 17.4 Å². The predicted molar refractivity (Wildman–Crippen MR) is 138 cm³/mol. The summed E-state index contributed by atoms with van der Waals surface area (Å²) in [7, 11) is 1.75. The fourth-order valence-corrected chi connectivity index (χ4v) is 4.86. The van der Waals surface area contributed by atoms with Crippen LogP contribution in [0.1, 0.15) is 38.4 Å². The van der Waals surface area contributed by atoms with Crippen molar-refractivity contribution in [1.29, 1.82) is 5.26 Å². The Kier molecular flexibility index (Phi) is 7.96. The summed E-state index contributed by atoms with van der Waals surface area (Å²) in [6, 6.07) is 6.72. The van der Waals surface area contributed by atoms with Crippen molar-refractivity contribution in [2.45, 2.75) is 51.6 Å². The number of guanidine groups is 1. The fourth-order valence-electron chi connectivity index (χ4n) is 4.86. The van der Waals surface area contributed by atoms with Gasteiger partial charge in [-0.15, -0.1) is 0 Å². The van der Waals surface area contributed by atoms with Crippen molar-refractivity contribution >= 4 is 40.3 Å². The SMILES string of the molecule is CC(=O)N(C)C1CCN(C(=O)CN2CCCC[C@H](N=C(NC#N)Nc3ccc4oc(C)cc4c3)C2=O)C1. The third-order valence-corrected chi connectivity index (χ3v) is 7.00. The smallest absolute Gasteiger partial charge is 0.247 e. The van der Waals surface area contributed by atoms with E-state index in [0.29, 0.717) is 31.7 Å². The molecule has 0 bridgehead atoms. The molecule has 2 saturated heterocycles. The maximum absolute atomic E-state index is 13.4. The maximum Gasteiger partial charge on any atom is 0.247 e. The minimum absolute atomic E-state index is 0.00509. The van der Waals surface area contributed by atoms with Gasteiger partial charge in [-0.05, 0) is 56.9 Å². The molecule has 0 saturated carbocycles. The Morgan fingerprint density at radius 2 is 2.05 bits per heavy atom. The topological polar surface area (TPSA) is 134 Å². The van der Waals surface area contributed by atoms with Crippen molar-refractivity contribution in [3.05, 3.63) is 30.0 Å². The molecule has 37 heavy (non-hydrogen) atoms. The van der Waals surface area contributed by atoms with Crippen LogP contribution in [0, 0.1) is 18.4 Å². The zero-order chi connectivity index (χ0) is 26.5. The number of nitrogens with one attached hydrogen (secondary N) is 2. The summed E-state index contributed by atoms with van der Waals surface area (Å²) in [5.41, 5.74) is 1.45. The van der Waals surface area contributed by atoms with Gasteiger partial charge in [0.25, 0.3) is 0 Å². The second-order valence-corrected chi connectivity index (χ2v) is 9.63. The van der Waals surface area contributed by atoms with Crippen molar-refractivity contribution < 1.29 is 18.8 Å². The van der Waals surface area contributed by atoms with E-state index < -0.39 is 6.04 Å². The average Bonchev–Trinajstić information content (AvgIpc) is 3.46. The van der Waals surface area contributed by atoms with E-state index in [4.69, 9.17) is 4.42 Å². The average molecular weight is 508 g/mol. The van der Waals surface area contributed by atoms with Crippen molar-refractivity contribution in [3.63, 3.8) is 0 Å². The van der Waals surface area contributed by atoms with Gasteiger partial charge in [0.05, 0.1) is 12.6 Å². The molecule has 2 fully saturated rings. The lowest BCUT2D eigenvalue weighted by molar-refractivity contribution is -0.140. The molecule has 2 aliphatic rings. The molecule has 0 spiro atoms. The minimum atomic E-state index is -0.714. The number of hydrogen-bond acceptors (Lipinski definition) is 6. The fraction of sp³-hybridized carbons (Fsp3) is 0.500. The minimum Gasteiger partial charge on any atom is -0.461 e. The molecular formula is C26H33N7O4. The summed E-state index contributed by atoms with van der Waals surface area (Å²) in [5.74, 6) is 0.573. The van der Waals surface area contributed by atoms with Crippen LogP contribution >= 0.6 is 0 Å². The number of anilines is 1. The number of amides is 3. The van der Waals surface area contributed by atoms with E-state index in [2.05, 4.69) is 15.6 Å². The molecule has 0 radical (unpaired) electrons. The van der Waals surface area contributed by atoms with Crippen molar-refractivity contribution in [2.75, 3.05) is 38.5 Å². The van der Waals surface area contributed by atoms with Gasteiger partial charge in [0.15, 0.2) is 6.19 Å². The number of likely N-dealkylation sites (N-methyl/N-ethyl adjacent to an activating group) is 1. The lowest BCUT2D eigenvalue weighted by atomic mass is 10.1. The van der Waals surface area contributed by atoms with Gasteiger partial charge >= 0.3 is 0 Å². The van der Waals surface area contributed by atoms with Crippen LogP contribution in [0.25, 0.3) is 11.0 Å². The Balaban J connectivity index is 1.44. The number of aliphatic imine (C=N–C) groups is 1. The summed E-state index contributed by atoms with van der Waals surface area (Å²) in [6.07, 6.45) is 4.67. The summed E-state index contributed by atoms with van der Waals surface area (Å²) >= 11 is 0. The van der Waals surface area contributed by atoms with Crippen LogP contribution < -0.4 is 10.6 Å². The molecule has 1 aromatic carbocycles. The van der Waals surface area contributed by atoms with E-state index in [9.17, 15) is 19.6 Å².